The third kappa shape index (κ3) is 16.0. The first-order valence-corrected chi connectivity index (χ1v) is 9.56. The molecule has 0 fully saturated rings. The zero-order chi connectivity index (χ0) is 15.8. The summed E-state index contributed by atoms with van der Waals surface area (Å²) in [6.07, 6.45) is 15.9. The highest BCUT2D eigenvalue weighted by atomic mass is 32.1. The van der Waals surface area contributed by atoms with Gasteiger partial charge in [0, 0.05) is 11.7 Å². The van der Waals surface area contributed by atoms with Crippen molar-refractivity contribution in [1.82, 2.24) is 0 Å². The third-order valence-electron chi connectivity index (χ3n) is 3.85. The van der Waals surface area contributed by atoms with E-state index in [0.717, 1.165) is 12.8 Å². The van der Waals surface area contributed by atoms with Crippen molar-refractivity contribution in [2.24, 2.45) is 0 Å². The molecule has 3 heteroatoms. The van der Waals surface area contributed by atoms with Gasteiger partial charge >= 0.3 is 5.97 Å². The highest BCUT2D eigenvalue weighted by Crippen LogP contribution is 2.16. The van der Waals surface area contributed by atoms with Crippen molar-refractivity contribution in [1.29, 1.82) is 0 Å². The van der Waals surface area contributed by atoms with Crippen molar-refractivity contribution in [3.05, 3.63) is 0 Å². The van der Waals surface area contributed by atoms with Crippen molar-refractivity contribution < 1.29 is 9.53 Å². The number of unbranched alkanes of at least 4 members (excludes halogenated alkanes) is 8. The lowest BCUT2D eigenvalue weighted by Crippen LogP contribution is -2.03. The van der Waals surface area contributed by atoms with Crippen LogP contribution < -0.4 is 0 Å². The molecule has 0 N–H and O–H groups in total. The van der Waals surface area contributed by atoms with E-state index in [0.29, 0.717) is 18.3 Å². The summed E-state index contributed by atoms with van der Waals surface area (Å²) in [4.78, 5) is 11.1. The van der Waals surface area contributed by atoms with Crippen LogP contribution in [0.15, 0.2) is 0 Å². The van der Waals surface area contributed by atoms with Crippen LogP contribution in [0.3, 0.4) is 0 Å². The zero-order valence-electron chi connectivity index (χ0n) is 14.2. The van der Waals surface area contributed by atoms with Gasteiger partial charge in [0.2, 0.25) is 0 Å². The van der Waals surface area contributed by atoms with Gasteiger partial charge in [-0.05, 0) is 26.2 Å². The van der Waals surface area contributed by atoms with E-state index in [1.54, 1.807) is 0 Å². The number of rotatable bonds is 15. The van der Waals surface area contributed by atoms with Crippen LogP contribution >= 0.6 is 12.6 Å². The first kappa shape index (κ1) is 20.8. The molecule has 0 aromatic heterocycles. The van der Waals surface area contributed by atoms with E-state index in [1.165, 1.54) is 64.2 Å². The summed E-state index contributed by atoms with van der Waals surface area (Å²) in [7, 11) is 0. The second-order valence-corrected chi connectivity index (χ2v) is 6.70. The molecule has 0 spiro atoms. The fourth-order valence-electron chi connectivity index (χ4n) is 2.60. The number of carbonyl (C=O) groups is 1. The van der Waals surface area contributed by atoms with Crippen molar-refractivity contribution in [2.45, 2.75) is 103 Å². The Balaban J connectivity index is 3.11. The van der Waals surface area contributed by atoms with Crippen LogP contribution in [0.2, 0.25) is 0 Å². The van der Waals surface area contributed by atoms with E-state index in [2.05, 4.69) is 19.6 Å². The minimum absolute atomic E-state index is 0.0388. The van der Waals surface area contributed by atoms with E-state index >= 15 is 0 Å². The summed E-state index contributed by atoms with van der Waals surface area (Å²) in [6.45, 7) is 4.60. The topological polar surface area (TPSA) is 26.3 Å². The normalized spacial score (nSPS) is 12.3. The maximum atomic E-state index is 11.1. The molecule has 0 radical (unpaired) electrons. The second kappa shape index (κ2) is 16.2. The van der Waals surface area contributed by atoms with Crippen molar-refractivity contribution in [3.8, 4) is 0 Å². The monoisotopic (exact) mass is 316 g/mol. The number of esters is 1. The average Bonchev–Trinajstić information content (AvgIpc) is 2.45. The van der Waals surface area contributed by atoms with Crippen molar-refractivity contribution in [2.75, 3.05) is 6.61 Å². The number of ether oxygens (including phenoxy) is 1. The lowest BCUT2D eigenvalue weighted by molar-refractivity contribution is -0.143. The highest BCUT2D eigenvalue weighted by molar-refractivity contribution is 7.80. The molecule has 0 rings (SSSR count). The van der Waals surface area contributed by atoms with Crippen LogP contribution in [0.5, 0.6) is 0 Å². The van der Waals surface area contributed by atoms with Gasteiger partial charge in [0.15, 0.2) is 0 Å². The Kier molecular flexibility index (Phi) is 16.1. The van der Waals surface area contributed by atoms with Crippen LogP contribution in [0.25, 0.3) is 0 Å². The Morgan fingerprint density at radius 2 is 1.38 bits per heavy atom. The predicted octanol–water partition coefficient (Wildman–Crippen LogP) is 5.94. The molecule has 0 bridgehead atoms. The molecule has 0 aliphatic heterocycles. The zero-order valence-corrected chi connectivity index (χ0v) is 15.1. The Morgan fingerprint density at radius 3 is 1.90 bits per heavy atom. The number of hydrogen-bond acceptors (Lipinski definition) is 3. The molecule has 0 heterocycles. The standard InChI is InChI=1S/C18H36O2S/c1-3-14-17(21)15-12-10-8-6-5-7-9-11-13-16-18(19)20-4-2/h17,21H,3-16H2,1-2H3. The van der Waals surface area contributed by atoms with Crippen LogP contribution in [0.1, 0.15) is 97.3 Å². The predicted molar refractivity (Wildman–Crippen MR) is 95.1 cm³/mol. The Morgan fingerprint density at radius 1 is 0.857 bits per heavy atom. The molecular weight excluding hydrogens is 280 g/mol. The molecule has 0 aromatic rings. The van der Waals surface area contributed by atoms with Gasteiger partial charge in [0.1, 0.15) is 0 Å². The van der Waals surface area contributed by atoms with Gasteiger partial charge in [-0.2, -0.15) is 12.6 Å². The molecular formula is C18H36O2S. The smallest absolute Gasteiger partial charge is 0.305 e. The summed E-state index contributed by atoms with van der Waals surface area (Å²) in [5, 5.41) is 0.620. The van der Waals surface area contributed by atoms with E-state index in [1.807, 2.05) is 6.92 Å². The van der Waals surface area contributed by atoms with Crippen LogP contribution in [-0.2, 0) is 9.53 Å². The van der Waals surface area contributed by atoms with Crippen LogP contribution in [0.4, 0.5) is 0 Å². The van der Waals surface area contributed by atoms with Crippen LogP contribution in [0, 0.1) is 0 Å². The molecule has 1 unspecified atom stereocenters. The maximum absolute atomic E-state index is 11.1. The molecule has 126 valence electrons. The molecule has 21 heavy (non-hydrogen) atoms. The van der Waals surface area contributed by atoms with Crippen molar-refractivity contribution >= 4 is 18.6 Å². The lowest BCUT2D eigenvalue weighted by atomic mass is 10.0. The SMILES string of the molecule is CCCC(S)CCCCCCCCCCCC(=O)OCC. The molecule has 0 aliphatic rings. The molecule has 0 aromatic carbocycles. The average molecular weight is 317 g/mol. The summed E-state index contributed by atoms with van der Waals surface area (Å²) in [5.41, 5.74) is 0. The van der Waals surface area contributed by atoms with Gasteiger partial charge in [0.05, 0.1) is 6.61 Å². The van der Waals surface area contributed by atoms with E-state index in [4.69, 9.17) is 4.74 Å². The summed E-state index contributed by atoms with van der Waals surface area (Å²) in [6, 6.07) is 0. The number of thiol groups is 1. The maximum Gasteiger partial charge on any atom is 0.305 e. The number of hydrogen-bond donors (Lipinski definition) is 1. The summed E-state index contributed by atoms with van der Waals surface area (Å²) in [5.74, 6) is -0.0388. The fourth-order valence-corrected chi connectivity index (χ4v) is 3.04. The molecule has 0 saturated heterocycles. The third-order valence-corrected chi connectivity index (χ3v) is 4.36. The van der Waals surface area contributed by atoms with Gasteiger partial charge in [-0.15, -0.1) is 0 Å². The summed E-state index contributed by atoms with van der Waals surface area (Å²) >= 11 is 4.60. The Bertz CT molecular complexity index is 231. The molecule has 2 nitrogen and oxygen atoms in total. The molecule has 0 saturated carbocycles. The highest BCUT2D eigenvalue weighted by Gasteiger charge is 2.02. The lowest BCUT2D eigenvalue weighted by Gasteiger charge is -2.08. The van der Waals surface area contributed by atoms with E-state index in [9.17, 15) is 4.79 Å². The molecule has 0 amide bonds. The quantitative estimate of drug-likeness (QED) is 0.230. The van der Waals surface area contributed by atoms with E-state index in [-0.39, 0.29) is 5.97 Å². The first-order valence-electron chi connectivity index (χ1n) is 9.04. The van der Waals surface area contributed by atoms with E-state index < -0.39 is 0 Å². The largest absolute Gasteiger partial charge is 0.466 e. The van der Waals surface area contributed by atoms with Crippen molar-refractivity contribution in [3.63, 3.8) is 0 Å². The Hall–Kier alpha value is -0.180. The Labute approximate surface area is 137 Å². The molecule has 0 aliphatic carbocycles. The minimum atomic E-state index is -0.0388. The van der Waals surface area contributed by atoms with Crippen LogP contribution in [-0.4, -0.2) is 17.8 Å². The second-order valence-electron chi connectivity index (χ2n) is 5.97. The number of carbonyl (C=O) groups excluding carboxylic acids is 1. The van der Waals surface area contributed by atoms with Gasteiger partial charge in [0.25, 0.3) is 0 Å². The minimum Gasteiger partial charge on any atom is -0.466 e. The van der Waals surface area contributed by atoms with Gasteiger partial charge in [-0.25, -0.2) is 0 Å². The van der Waals surface area contributed by atoms with Gasteiger partial charge < -0.3 is 4.74 Å². The summed E-state index contributed by atoms with van der Waals surface area (Å²) < 4.78 is 4.91. The van der Waals surface area contributed by atoms with Gasteiger partial charge in [-0.3, -0.25) is 4.79 Å². The fraction of sp³-hybridized carbons (Fsp3) is 0.944. The van der Waals surface area contributed by atoms with Gasteiger partial charge in [-0.1, -0.05) is 64.7 Å². The first-order chi connectivity index (χ1) is 10.2. The molecule has 1 atom stereocenters.